The lowest BCUT2D eigenvalue weighted by atomic mass is 10.2. The molecule has 26 heavy (non-hydrogen) atoms. The van der Waals surface area contributed by atoms with Crippen LogP contribution in [0, 0.1) is 5.82 Å². The van der Waals surface area contributed by atoms with E-state index < -0.39 is 0 Å². The highest BCUT2D eigenvalue weighted by molar-refractivity contribution is 7.99. The number of nitrogens with zero attached hydrogens (tertiary/aromatic N) is 1. The third kappa shape index (κ3) is 4.71. The Morgan fingerprint density at radius 3 is 2.69 bits per heavy atom. The van der Waals surface area contributed by atoms with Crippen LogP contribution in [0.2, 0.25) is 10.0 Å². The summed E-state index contributed by atoms with van der Waals surface area (Å²) in [6.45, 7) is 1.72. The van der Waals surface area contributed by atoms with E-state index in [1.54, 1.807) is 36.0 Å². The third-order valence-corrected chi connectivity index (χ3v) is 6.17. The monoisotopic (exact) mass is 413 g/mol. The molecular formula is C19H20Cl2FN2OS+. The molecule has 3 nitrogen and oxygen atoms in total. The van der Waals surface area contributed by atoms with E-state index in [2.05, 4.69) is 0 Å². The quantitative estimate of drug-likeness (QED) is 0.811. The zero-order valence-corrected chi connectivity index (χ0v) is 16.7. The van der Waals surface area contributed by atoms with Gasteiger partial charge >= 0.3 is 0 Å². The van der Waals surface area contributed by atoms with Crippen molar-refractivity contribution in [1.82, 2.24) is 4.90 Å². The van der Waals surface area contributed by atoms with Crippen molar-refractivity contribution in [1.29, 1.82) is 0 Å². The summed E-state index contributed by atoms with van der Waals surface area (Å²) in [4.78, 5) is 15.7. The first-order valence-corrected chi connectivity index (χ1v) is 10.2. The molecule has 0 bridgehead atoms. The topological polar surface area (TPSA) is 24.8 Å². The molecule has 1 heterocycles. The number of benzene rings is 2. The summed E-state index contributed by atoms with van der Waals surface area (Å²) in [7, 11) is 1.97. The zero-order valence-electron chi connectivity index (χ0n) is 14.3. The average molecular weight is 414 g/mol. The Morgan fingerprint density at radius 2 is 2.00 bits per heavy atom. The molecule has 0 aliphatic carbocycles. The molecule has 2 atom stereocenters. The van der Waals surface area contributed by atoms with Crippen LogP contribution in [0.15, 0.2) is 42.5 Å². The molecule has 1 aliphatic heterocycles. The van der Waals surface area contributed by atoms with Gasteiger partial charge in [0.1, 0.15) is 17.7 Å². The van der Waals surface area contributed by atoms with E-state index in [4.69, 9.17) is 23.2 Å². The lowest BCUT2D eigenvalue weighted by Gasteiger charge is -2.25. The molecule has 0 spiro atoms. The fourth-order valence-corrected chi connectivity index (χ4v) is 4.79. The maximum atomic E-state index is 13.2. The molecule has 0 aromatic heterocycles. The van der Waals surface area contributed by atoms with Crippen molar-refractivity contribution in [3.05, 3.63) is 69.5 Å². The fraction of sp³-hybridized carbons (Fsp3) is 0.316. The zero-order chi connectivity index (χ0) is 18.7. The van der Waals surface area contributed by atoms with Crippen LogP contribution in [0.1, 0.15) is 16.5 Å². The number of likely N-dealkylation sites (N-methyl/N-ethyl adjacent to an activating group) is 1. The molecule has 0 radical (unpaired) electrons. The summed E-state index contributed by atoms with van der Waals surface area (Å²) >= 11 is 13.9. The van der Waals surface area contributed by atoms with Crippen molar-refractivity contribution in [2.75, 3.05) is 25.9 Å². The van der Waals surface area contributed by atoms with Gasteiger partial charge in [0.15, 0.2) is 6.54 Å². The Hall–Kier alpha value is -1.27. The number of thioether (sulfide) groups is 1. The van der Waals surface area contributed by atoms with Crippen molar-refractivity contribution < 1.29 is 14.1 Å². The summed E-state index contributed by atoms with van der Waals surface area (Å²) in [6, 6.07) is 11.8. The predicted octanol–water partition coefficient (Wildman–Crippen LogP) is 3.42. The minimum absolute atomic E-state index is 0.0463. The van der Waals surface area contributed by atoms with Gasteiger partial charge in [-0.15, -0.1) is 11.8 Å². The smallest absolute Gasteiger partial charge is 0.278 e. The van der Waals surface area contributed by atoms with E-state index in [1.165, 1.54) is 12.1 Å². The molecule has 1 amide bonds. The van der Waals surface area contributed by atoms with E-state index in [0.717, 1.165) is 21.8 Å². The molecule has 2 aromatic carbocycles. The average Bonchev–Trinajstić information content (AvgIpc) is 3.08. The summed E-state index contributed by atoms with van der Waals surface area (Å²) in [5, 5.41) is 1.17. The van der Waals surface area contributed by atoms with Gasteiger partial charge < -0.3 is 9.80 Å². The van der Waals surface area contributed by atoms with Gasteiger partial charge in [-0.25, -0.2) is 4.39 Å². The van der Waals surface area contributed by atoms with Gasteiger partial charge in [-0.05, 0) is 29.8 Å². The van der Waals surface area contributed by atoms with Gasteiger partial charge in [0.25, 0.3) is 5.91 Å². The molecule has 0 saturated carbocycles. The van der Waals surface area contributed by atoms with Crippen LogP contribution in [-0.4, -0.2) is 36.7 Å². The molecule has 138 valence electrons. The van der Waals surface area contributed by atoms with Gasteiger partial charge in [-0.3, -0.25) is 4.79 Å². The van der Waals surface area contributed by atoms with Gasteiger partial charge in [-0.2, -0.15) is 0 Å². The number of carbonyl (C=O) groups excluding carboxylic acids is 1. The number of amides is 1. The molecule has 1 fully saturated rings. The molecule has 7 heteroatoms. The summed E-state index contributed by atoms with van der Waals surface area (Å²) in [5.74, 6) is 0.709. The van der Waals surface area contributed by atoms with Crippen LogP contribution in [0.4, 0.5) is 4.39 Å². The predicted molar refractivity (Wildman–Crippen MR) is 105 cm³/mol. The summed E-state index contributed by atoms with van der Waals surface area (Å²) < 4.78 is 13.2. The Balaban J connectivity index is 1.63. The van der Waals surface area contributed by atoms with Crippen molar-refractivity contribution in [2.24, 2.45) is 0 Å². The second-order valence-electron chi connectivity index (χ2n) is 6.41. The first-order chi connectivity index (χ1) is 12.4. The Kier molecular flexibility index (Phi) is 6.46. The highest BCUT2D eigenvalue weighted by atomic mass is 35.5. The lowest BCUT2D eigenvalue weighted by Crippen LogP contribution is -3.08. The Bertz CT molecular complexity index is 788. The van der Waals surface area contributed by atoms with Gasteiger partial charge in [0, 0.05) is 22.9 Å². The van der Waals surface area contributed by atoms with E-state index in [0.29, 0.717) is 29.7 Å². The normalized spacial score (nSPS) is 18.2. The molecule has 1 aliphatic rings. The van der Waals surface area contributed by atoms with Crippen LogP contribution in [0.3, 0.4) is 0 Å². The van der Waals surface area contributed by atoms with Crippen molar-refractivity contribution in [3.63, 3.8) is 0 Å². The van der Waals surface area contributed by atoms with Crippen molar-refractivity contribution in [3.8, 4) is 0 Å². The SMILES string of the molecule is C[NH+](CC(=O)N1CCS[C@@H]1c1ccc(F)cc1)Cc1ccc(Cl)cc1Cl. The van der Waals surface area contributed by atoms with Crippen LogP contribution in [0.25, 0.3) is 0 Å². The Morgan fingerprint density at radius 1 is 1.27 bits per heavy atom. The number of nitrogens with one attached hydrogen (secondary N) is 1. The van der Waals surface area contributed by atoms with Gasteiger partial charge in [0.2, 0.25) is 0 Å². The maximum absolute atomic E-state index is 13.2. The maximum Gasteiger partial charge on any atom is 0.278 e. The number of halogens is 3. The number of carbonyl (C=O) groups is 1. The minimum Gasteiger partial charge on any atom is -0.326 e. The number of hydrogen-bond acceptors (Lipinski definition) is 2. The second-order valence-corrected chi connectivity index (χ2v) is 8.44. The van der Waals surface area contributed by atoms with Crippen LogP contribution < -0.4 is 4.90 Å². The second kappa shape index (κ2) is 8.61. The first kappa shape index (κ1) is 19.5. The number of quaternary nitrogens is 1. The third-order valence-electron chi connectivity index (χ3n) is 4.33. The minimum atomic E-state index is -0.265. The van der Waals surface area contributed by atoms with Crippen LogP contribution in [0.5, 0.6) is 0 Å². The molecule has 3 rings (SSSR count). The highest BCUT2D eigenvalue weighted by Gasteiger charge is 2.32. The lowest BCUT2D eigenvalue weighted by molar-refractivity contribution is -0.885. The first-order valence-electron chi connectivity index (χ1n) is 8.36. The fourth-order valence-electron chi connectivity index (χ4n) is 3.04. The summed E-state index contributed by atoms with van der Waals surface area (Å²) in [5.41, 5.74) is 1.92. The molecule has 1 unspecified atom stereocenters. The van der Waals surface area contributed by atoms with Crippen molar-refractivity contribution >= 4 is 40.9 Å². The molecule has 2 aromatic rings. The standard InChI is InChI=1S/C19H19Cl2FN2OS/c1-23(11-14-2-5-15(20)10-17(14)21)12-18(25)24-8-9-26-19(24)13-3-6-16(22)7-4-13/h2-7,10,19H,8-9,11-12H2,1H3/p+1/t19-/m1/s1. The van der Waals surface area contributed by atoms with Gasteiger partial charge in [-0.1, -0.05) is 41.4 Å². The van der Waals surface area contributed by atoms with E-state index in [-0.39, 0.29) is 17.1 Å². The molecule has 1 saturated heterocycles. The van der Waals surface area contributed by atoms with E-state index >= 15 is 0 Å². The molecule has 1 N–H and O–H groups in total. The Labute approximate surface area is 167 Å². The highest BCUT2D eigenvalue weighted by Crippen LogP contribution is 2.37. The van der Waals surface area contributed by atoms with Crippen LogP contribution >= 0.6 is 35.0 Å². The number of hydrogen-bond donors (Lipinski definition) is 1. The van der Waals surface area contributed by atoms with Crippen molar-refractivity contribution in [2.45, 2.75) is 11.9 Å². The van der Waals surface area contributed by atoms with E-state index in [9.17, 15) is 9.18 Å². The van der Waals surface area contributed by atoms with Gasteiger partial charge in [0.05, 0.1) is 12.1 Å². The van der Waals surface area contributed by atoms with Crippen LogP contribution in [-0.2, 0) is 11.3 Å². The number of rotatable bonds is 5. The summed E-state index contributed by atoms with van der Waals surface area (Å²) in [6.07, 6.45) is 0. The largest absolute Gasteiger partial charge is 0.326 e. The van der Waals surface area contributed by atoms with E-state index in [1.807, 2.05) is 18.0 Å². The molecular weight excluding hydrogens is 394 g/mol.